The van der Waals surface area contributed by atoms with Crippen molar-refractivity contribution in [3.05, 3.63) is 28.2 Å². The van der Waals surface area contributed by atoms with Gasteiger partial charge in [-0.1, -0.05) is 19.9 Å². The van der Waals surface area contributed by atoms with Gasteiger partial charge in [0.05, 0.1) is 36.9 Å². The Morgan fingerprint density at radius 3 is 2.29 bits per heavy atom. The Labute approximate surface area is 173 Å². The smallest absolute Gasteiger partial charge is 0.293 e. The van der Waals surface area contributed by atoms with E-state index >= 15 is 0 Å². The first-order chi connectivity index (χ1) is 13.4. The van der Waals surface area contributed by atoms with Gasteiger partial charge in [0.1, 0.15) is 17.0 Å². The van der Waals surface area contributed by atoms with Crippen LogP contribution in [-0.2, 0) is 9.47 Å². The van der Waals surface area contributed by atoms with Crippen molar-refractivity contribution in [3.63, 3.8) is 0 Å². The van der Waals surface area contributed by atoms with Crippen LogP contribution in [0, 0.1) is 33.5 Å². The van der Waals surface area contributed by atoms with Gasteiger partial charge in [-0.25, -0.2) is 4.99 Å². The highest BCUT2D eigenvalue weighted by atomic mass is 79.9. The first-order valence-electron chi connectivity index (χ1n) is 9.24. The lowest BCUT2D eigenvalue weighted by molar-refractivity contribution is -0.259. The Morgan fingerprint density at radius 1 is 1.18 bits per heavy atom. The number of ether oxygens (including phenoxy) is 3. The van der Waals surface area contributed by atoms with E-state index in [0.29, 0.717) is 31.8 Å². The molecule has 1 aromatic carbocycles. The van der Waals surface area contributed by atoms with E-state index in [1.165, 1.54) is 0 Å². The molecule has 148 valence electrons. The van der Waals surface area contributed by atoms with E-state index in [2.05, 4.69) is 33.1 Å². The Hall–Kier alpha value is -2.13. The zero-order chi connectivity index (χ0) is 20.6. The van der Waals surface area contributed by atoms with Crippen LogP contribution in [0.1, 0.15) is 38.2 Å². The Balaban J connectivity index is 2.16. The second-order valence-corrected chi connectivity index (χ2v) is 7.80. The predicted octanol–water partition coefficient (Wildman–Crippen LogP) is 3.45. The zero-order valence-electron chi connectivity index (χ0n) is 16.2. The van der Waals surface area contributed by atoms with Crippen molar-refractivity contribution in [2.45, 2.75) is 38.5 Å². The van der Waals surface area contributed by atoms with E-state index in [1.54, 1.807) is 13.2 Å². The number of hydrogen-bond acceptors (Lipinski definition) is 7. The SMILES string of the molecule is CCCOC1(OCCC)N=C(N)C2(C#N)C(c3ccc(OC)c(Br)c3)C12C#N. The molecule has 3 atom stereocenters. The van der Waals surface area contributed by atoms with Crippen LogP contribution in [0.5, 0.6) is 5.75 Å². The molecular formula is C20H23BrN4O3. The Kier molecular flexibility index (Phi) is 5.42. The number of amidine groups is 1. The average molecular weight is 447 g/mol. The summed E-state index contributed by atoms with van der Waals surface area (Å²) in [6, 6.07) is 10.1. The van der Waals surface area contributed by atoms with E-state index in [4.69, 9.17) is 19.9 Å². The first-order valence-corrected chi connectivity index (χ1v) is 10.0. The van der Waals surface area contributed by atoms with Crippen LogP contribution >= 0.6 is 15.9 Å². The number of nitrogens with two attached hydrogens (primary N) is 1. The molecule has 0 bridgehead atoms. The lowest BCUT2D eigenvalue weighted by atomic mass is 9.93. The minimum Gasteiger partial charge on any atom is -0.496 e. The molecule has 1 aliphatic heterocycles. The van der Waals surface area contributed by atoms with Crippen molar-refractivity contribution >= 4 is 21.8 Å². The second kappa shape index (κ2) is 7.36. The molecule has 28 heavy (non-hydrogen) atoms. The van der Waals surface area contributed by atoms with Crippen molar-refractivity contribution in [1.29, 1.82) is 10.5 Å². The summed E-state index contributed by atoms with van der Waals surface area (Å²) in [6.45, 7) is 4.59. The van der Waals surface area contributed by atoms with E-state index in [0.717, 1.165) is 10.0 Å². The van der Waals surface area contributed by atoms with Crippen LogP contribution < -0.4 is 10.5 Å². The minimum absolute atomic E-state index is 0.0840. The Morgan fingerprint density at radius 2 is 1.82 bits per heavy atom. The maximum atomic E-state index is 10.3. The highest BCUT2D eigenvalue weighted by Crippen LogP contribution is 2.82. The van der Waals surface area contributed by atoms with Crippen LogP contribution in [0.25, 0.3) is 0 Å². The van der Waals surface area contributed by atoms with Gasteiger partial charge in [-0.2, -0.15) is 10.5 Å². The fraction of sp³-hybridized carbons (Fsp3) is 0.550. The van der Waals surface area contributed by atoms with Crippen LogP contribution in [0.15, 0.2) is 27.7 Å². The standard InChI is InChI=1S/C20H23BrN4O3/c1-4-8-27-20(28-9-5-2)19(12-23)16(18(19,11-22)17(24)25-20)13-6-7-15(26-3)14(21)10-13/h6-7,10,16H,4-5,8-9H2,1-3H3,(H2,24,25). The van der Waals surface area contributed by atoms with Gasteiger partial charge in [-0.05, 0) is 46.5 Å². The van der Waals surface area contributed by atoms with Crippen LogP contribution in [0.4, 0.5) is 0 Å². The molecule has 1 fully saturated rings. The summed E-state index contributed by atoms with van der Waals surface area (Å²) in [4.78, 5) is 4.41. The molecule has 0 spiro atoms. The molecule has 0 amide bonds. The van der Waals surface area contributed by atoms with E-state index < -0.39 is 22.7 Å². The van der Waals surface area contributed by atoms with Crippen molar-refractivity contribution in [2.75, 3.05) is 20.3 Å². The van der Waals surface area contributed by atoms with E-state index in [-0.39, 0.29) is 5.84 Å². The molecule has 3 rings (SSSR count). The van der Waals surface area contributed by atoms with Gasteiger partial charge < -0.3 is 19.9 Å². The summed E-state index contributed by atoms with van der Waals surface area (Å²) in [5.41, 5.74) is 4.38. The largest absolute Gasteiger partial charge is 0.496 e. The monoisotopic (exact) mass is 446 g/mol. The summed E-state index contributed by atoms with van der Waals surface area (Å²) < 4.78 is 18.0. The highest BCUT2D eigenvalue weighted by molar-refractivity contribution is 9.10. The van der Waals surface area contributed by atoms with Crippen molar-refractivity contribution in [1.82, 2.24) is 0 Å². The maximum absolute atomic E-state index is 10.3. The van der Waals surface area contributed by atoms with Gasteiger partial charge in [-0.15, -0.1) is 0 Å². The molecule has 1 aliphatic carbocycles. The van der Waals surface area contributed by atoms with Gasteiger partial charge in [0.15, 0.2) is 5.41 Å². The first kappa shape index (κ1) is 20.6. The third kappa shape index (κ3) is 2.42. The number of benzene rings is 1. The minimum atomic E-state index is -1.59. The van der Waals surface area contributed by atoms with Crippen LogP contribution in [-0.4, -0.2) is 32.1 Å². The van der Waals surface area contributed by atoms with Gasteiger partial charge >= 0.3 is 0 Å². The lowest BCUT2D eigenvalue weighted by Crippen LogP contribution is -2.44. The lowest BCUT2D eigenvalue weighted by Gasteiger charge is -2.32. The third-order valence-electron chi connectivity index (χ3n) is 5.44. The van der Waals surface area contributed by atoms with Gasteiger partial charge in [0.25, 0.3) is 5.91 Å². The Bertz CT molecular complexity index is 882. The molecule has 7 nitrogen and oxygen atoms in total. The zero-order valence-corrected chi connectivity index (χ0v) is 17.7. The number of aliphatic imine (C=N–C) groups is 1. The topological polar surface area (TPSA) is 114 Å². The molecule has 3 unspecified atom stereocenters. The molecule has 1 saturated carbocycles. The number of fused-ring (bicyclic) bond motifs is 1. The van der Waals surface area contributed by atoms with Gasteiger partial charge in [-0.3, -0.25) is 0 Å². The summed E-state index contributed by atoms with van der Waals surface area (Å²) >= 11 is 3.47. The normalized spacial score (nSPS) is 29.4. The number of halogens is 1. The number of methoxy groups -OCH3 is 1. The third-order valence-corrected chi connectivity index (χ3v) is 6.06. The molecule has 2 aliphatic rings. The average Bonchev–Trinajstić information content (AvgIpc) is 3.28. The summed E-state index contributed by atoms with van der Waals surface area (Å²) in [5, 5.41) is 20.4. The van der Waals surface area contributed by atoms with E-state index in [9.17, 15) is 10.5 Å². The number of rotatable bonds is 8. The molecule has 1 heterocycles. The van der Waals surface area contributed by atoms with Crippen molar-refractivity contribution in [3.8, 4) is 17.9 Å². The highest BCUT2D eigenvalue weighted by Gasteiger charge is 2.93. The summed E-state index contributed by atoms with van der Waals surface area (Å²) in [5.74, 6) is -1.38. The quantitative estimate of drug-likeness (QED) is 0.611. The molecule has 0 aromatic heterocycles. The fourth-order valence-electron chi connectivity index (χ4n) is 4.20. The van der Waals surface area contributed by atoms with Crippen molar-refractivity contribution < 1.29 is 14.2 Å². The van der Waals surface area contributed by atoms with Crippen LogP contribution in [0.3, 0.4) is 0 Å². The summed E-state index contributed by atoms with van der Waals surface area (Å²) in [6.07, 6.45) is 1.43. The fourth-order valence-corrected chi connectivity index (χ4v) is 4.76. The molecule has 8 heteroatoms. The molecule has 1 aromatic rings. The summed E-state index contributed by atoms with van der Waals surface area (Å²) in [7, 11) is 1.58. The van der Waals surface area contributed by atoms with Gasteiger partial charge in [0, 0.05) is 5.92 Å². The predicted molar refractivity (Wildman–Crippen MR) is 106 cm³/mol. The van der Waals surface area contributed by atoms with E-state index in [1.807, 2.05) is 26.0 Å². The maximum Gasteiger partial charge on any atom is 0.293 e. The van der Waals surface area contributed by atoms with Gasteiger partial charge in [0.2, 0.25) is 0 Å². The second-order valence-electron chi connectivity index (χ2n) is 6.94. The number of nitriles is 2. The van der Waals surface area contributed by atoms with Crippen molar-refractivity contribution in [2.24, 2.45) is 21.6 Å². The molecular weight excluding hydrogens is 424 g/mol. The number of hydrogen-bond donors (Lipinski definition) is 1. The number of nitrogens with zero attached hydrogens (tertiary/aromatic N) is 3. The molecule has 2 N–H and O–H groups in total. The molecule has 0 saturated heterocycles. The molecule has 0 radical (unpaired) electrons. The van der Waals surface area contributed by atoms with Crippen LogP contribution in [0.2, 0.25) is 0 Å².